The van der Waals surface area contributed by atoms with Gasteiger partial charge in [0.05, 0.1) is 10.3 Å². The lowest BCUT2D eigenvalue weighted by atomic mass is 10.2. The van der Waals surface area contributed by atoms with Crippen molar-refractivity contribution in [3.8, 4) is 0 Å². The lowest BCUT2D eigenvalue weighted by molar-refractivity contribution is -0.125. The van der Waals surface area contributed by atoms with Gasteiger partial charge in [-0.1, -0.05) is 0 Å². The predicted molar refractivity (Wildman–Crippen MR) is 89.8 cm³/mol. The number of thiophene rings is 1. The van der Waals surface area contributed by atoms with E-state index in [-0.39, 0.29) is 5.91 Å². The first-order valence-electron chi connectivity index (χ1n) is 7.28. The van der Waals surface area contributed by atoms with Crippen molar-refractivity contribution in [2.45, 2.75) is 51.8 Å². The van der Waals surface area contributed by atoms with Crippen molar-refractivity contribution in [2.24, 2.45) is 0 Å². The molecule has 0 radical (unpaired) electrons. The van der Waals surface area contributed by atoms with E-state index in [1.54, 1.807) is 11.3 Å². The van der Waals surface area contributed by atoms with Gasteiger partial charge >= 0.3 is 6.09 Å². The van der Waals surface area contributed by atoms with Crippen LogP contribution < -0.4 is 5.32 Å². The van der Waals surface area contributed by atoms with Gasteiger partial charge < -0.3 is 10.1 Å². The molecular weight excluding hydrogens is 368 g/mol. The van der Waals surface area contributed by atoms with E-state index in [0.717, 1.165) is 15.1 Å². The standard InChI is InChI=1S/C15H21BrN2O3S/c1-15(2,3)21-14(20)18-8-4-5-11(18)13(19)17-9-10-6-7-12(16)22-10/h6-7,11H,4-5,8-9H2,1-3H3,(H,17,19). The van der Waals surface area contributed by atoms with Crippen LogP contribution in [0.4, 0.5) is 4.79 Å². The van der Waals surface area contributed by atoms with Gasteiger partial charge in [0.15, 0.2) is 0 Å². The normalized spacial score (nSPS) is 18.4. The summed E-state index contributed by atoms with van der Waals surface area (Å²) in [5.74, 6) is -0.118. The fraction of sp³-hybridized carbons (Fsp3) is 0.600. The number of amides is 2. The molecule has 0 saturated carbocycles. The van der Waals surface area contributed by atoms with Gasteiger partial charge in [-0.2, -0.15) is 0 Å². The monoisotopic (exact) mass is 388 g/mol. The van der Waals surface area contributed by atoms with Gasteiger partial charge in [-0.3, -0.25) is 9.69 Å². The summed E-state index contributed by atoms with van der Waals surface area (Å²) in [4.78, 5) is 27.1. The molecule has 1 aromatic rings. The SMILES string of the molecule is CC(C)(C)OC(=O)N1CCCC1C(=O)NCc1ccc(Br)s1. The predicted octanol–water partition coefficient (Wildman–Crippen LogP) is 3.53. The highest BCUT2D eigenvalue weighted by atomic mass is 79.9. The maximum atomic E-state index is 12.3. The third-order valence-corrected chi connectivity index (χ3v) is 4.87. The first-order valence-corrected chi connectivity index (χ1v) is 8.89. The van der Waals surface area contributed by atoms with Crippen LogP contribution in [0.2, 0.25) is 0 Å². The number of carbonyl (C=O) groups is 2. The lowest BCUT2D eigenvalue weighted by Crippen LogP contribution is -2.47. The first kappa shape index (κ1) is 17.3. The van der Waals surface area contributed by atoms with E-state index >= 15 is 0 Å². The number of hydrogen-bond acceptors (Lipinski definition) is 4. The van der Waals surface area contributed by atoms with Gasteiger partial charge in [0.2, 0.25) is 5.91 Å². The highest BCUT2D eigenvalue weighted by Crippen LogP contribution is 2.23. The summed E-state index contributed by atoms with van der Waals surface area (Å²) in [5, 5.41) is 2.90. The van der Waals surface area contributed by atoms with Crippen LogP contribution in [0.3, 0.4) is 0 Å². The highest BCUT2D eigenvalue weighted by Gasteiger charge is 2.36. The maximum Gasteiger partial charge on any atom is 0.410 e. The van der Waals surface area contributed by atoms with Crippen molar-refractivity contribution < 1.29 is 14.3 Å². The molecule has 0 aromatic carbocycles. The van der Waals surface area contributed by atoms with E-state index in [9.17, 15) is 9.59 Å². The fourth-order valence-corrected chi connectivity index (χ4v) is 3.74. The molecule has 1 aliphatic heterocycles. The van der Waals surface area contributed by atoms with Crippen molar-refractivity contribution in [1.29, 1.82) is 0 Å². The quantitative estimate of drug-likeness (QED) is 0.861. The molecule has 1 unspecified atom stereocenters. The molecule has 0 bridgehead atoms. The Balaban J connectivity index is 1.91. The van der Waals surface area contributed by atoms with E-state index in [0.29, 0.717) is 19.5 Å². The highest BCUT2D eigenvalue weighted by molar-refractivity contribution is 9.11. The Hall–Kier alpha value is -1.08. The number of ether oxygens (including phenoxy) is 1. The molecule has 1 aromatic heterocycles. The topological polar surface area (TPSA) is 58.6 Å². The fourth-order valence-electron chi connectivity index (χ4n) is 2.32. The van der Waals surface area contributed by atoms with Crippen LogP contribution in [0.15, 0.2) is 15.9 Å². The van der Waals surface area contributed by atoms with Gasteiger partial charge in [-0.05, 0) is 61.7 Å². The zero-order valence-electron chi connectivity index (χ0n) is 13.0. The van der Waals surface area contributed by atoms with Gasteiger partial charge in [0, 0.05) is 11.4 Å². The van der Waals surface area contributed by atoms with Gasteiger partial charge in [0.25, 0.3) is 0 Å². The molecule has 0 aliphatic carbocycles. The third-order valence-electron chi connectivity index (χ3n) is 3.25. The van der Waals surface area contributed by atoms with Crippen molar-refractivity contribution in [1.82, 2.24) is 10.2 Å². The molecule has 2 amide bonds. The minimum Gasteiger partial charge on any atom is -0.444 e. The molecule has 2 rings (SSSR count). The number of nitrogens with one attached hydrogen (secondary N) is 1. The molecule has 2 heterocycles. The number of carbonyl (C=O) groups excluding carboxylic acids is 2. The second kappa shape index (κ2) is 7.00. The van der Waals surface area contributed by atoms with E-state index in [1.165, 1.54) is 4.90 Å². The maximum absolute atomic E-state index is 12.3. The average molecular weight is 389 g/mol. The average Bonchev–Trinajstić information content (AvgIpc) is 3.02. The van der Waals surface area contributed by atoms with Crippen LogP contribution >= 0.6 is 27.3 Å². The molecule has 1 atom stereocenters. The first-order chi connectivity index (χ1) is 10.3. The number of hydrogen-bond donors (Lipinski definition) is 1. The summed E-state index contributed by atoms with van der Waals surface area (Å²) in [5.41, 5.74) is -0.552. The Kier molecular flexibility index (Phi) is 5.50. The van der Waals surface area contributed by atoms with Crippen molar-refractivity contribution in [3.63, 3.8) is 0 Å². The van der Waals surface area contributed by atoms with Crippen LogP contribution in [0.25, 0.3) is 0 Å². The van der Waals surface area contributed by atoms with Crippen LogP contribution in [0.5, 0.6) is 0 Å². The molecule has 5 nitrogen and oxygen atoms in total. The Bertz CT molecular complexity index is 553. The summed E-state index contributed by atoms with van der Waals surface area (Å²) in [6.07, 6.45) is 1.09. The molecule has 1 aliphatic rings. The number of nitrogens with zero attached hydrogens (tertiary/aromatic N) is 1. The summed E-state index contributed by atoms with van der Waals surface area (Å²) < 4.78 is 6.41. The minimum absolute atomic E-state index is 0.118. The molecule has 1 N–H and O–H groups in total. The molecule has 1 saturated heterocycles. The Morgan fingerprint density at radius 2 is 2.18 bits per heavy atom. The van der Waals surface area contributed by atoms with Gasteiger partial charge in [0.1, 0.15) is 11.6 Å². The largest absolute Gasteiger partial charge is 0.444 e. The molecule has 1 fully saturated rings. The smallest absolute Gasteiger partial charge is 0.410 e. The number of likely N-dealkylation sites (tertiary alicyclic amines) is 1. The molecule has 122 valence electrons. The van der Waals surface area contributed by atoms with Crippen LogP contribution in [0.1, 0.15) is 38.5 Å². The van der Waals surface area contributed by atoms with E-state index in [4.69, 9.17) is 4.74 Å². The van der Waals surface area contributed by atoms with E-state index in [2.05, 4.69) is 21.2 Å². The Morgan fingerprint density at radius 3 is 2.77 bits per heavy atom. The minimum atomic E-state index is -0.552. The van der Waals surface area contributed by atoms with E-state index in [1.807, 2.05) is 32.9 Å². The molecule has 22 heavy (non-hydrogen) atoms. The summed E-state index contributed by atoms with van der Waals surface area (Å²) in [6, 6.07) is 3.49. The van der Waals surface area contributed by atoms with Crippen molar-refractivity contribution in [2.75, 3.05) is 6.54 Å². The van der Waals surface area contributed by atoms with Crippen LogP contribution in [-0.4, -0.2) is 35.1 Å². The van der Waals surface area contributed by atoms with Crippen molar-refractivity contribution in [3.05, 3.63) is 20.8 Å². The second-order valence-electron chi connectivity index (χ2n) is 6.26. The molecule has 0 spiro atoms. The third kappa shape index (κ3) is 4.71. The van der Waals surface area contributed by atoms with Gasteiger partial charge in [-0.15, -0.1) is 11.3 Å². The molecular formula is C15H21BrN2O3S. The summed E-state index contributed by atoms with van der Waals surface area (Å²) >= 11 is 4.98. The Morgan fingerprint density at radius 1 is 1.45 bits per heavy atom. The Labute approximate surface area is 143 Å². The number of halogens is 1. The zero-order chi connectivity index (χ0) is 16.3. The van der Waals surface area contributed by atoms with Crippen LogP contribution in [-0.2, 0) is 16.1 Å². The van der Waals surface area contributed by atoms with Crippen LogP contribution in [0, 0.1) is 0 Å². The zero-order valence-corrected chi connectivity index (χ0v) is 15.4. The number of rotatable bonds is 3. The van der Waals surface area contributed by atoms with E-state index < -0.39 is 17.7 Å². The second-order valence-corrected chi connectivity index (χ2v) is 8.80. The van der Waals surface area contributed by atoms with Crippen molar-refractivity contribution >= 4 is 39.3 Å². The van der Waals surface area contributed by atoms with Gasteiger partial charge in [-0.25, -0.2) is 4.79 Å². The molecule has 7 heteroatoms. The lowest BCUT2D eigenvalue weighted by Gasteiger charge is -2.28. The summed E-state index contributed by atoms with van der Waals surface area (Å²) in [7, 11) is 0. The summed E-state index contributed by atoms with van der Waals surface area (Å²) in [6.45, 7) is 6.52.